The molecule has 0 heterocycles. The molecule has 0 aliphatic heterocycles. The Balaban J connectivity index is 0.000000208. The minimum absolute atomic E-state index is 0. The first-order valence-corrected chi connectivity index (χ1v) is 16.0. The van der Waals surface area contributed by atoms with Gasteiger partial charge in [0.05, 0.1) is 0 Å². The normalized spacial score (nSPS) is 9.90. The van der Waals surface area contributed by atoms with Gasteiger partial charge in [-0.2, -0.15) is 0 Å². The van der Waals surface area contributed by atoms with Crippen molar-refractivity contribution >= 4 is 47.7 Å². The molecular weight excluding hydrogens is 625 g/mol. The van der Waals surface area contributed by atoms with E-state index >= 15 is 0 Å². The molecule has 0 fully saturated rings. The largest absolute Gasteiger partial charge is 0.106 e. The van der Waals surface area contributed by atoms with E-state index in [4.69, 9.17) is 0 Å². The summed E-state index contributed by atoms with van der Waals surface area (Å²) >= 11 is 0. The number of benzene rings is 6. The van der Waals surface area contributed by atoms with Crippen LogP contribution in [0.2, 0.25) is 0 Å². The second-order valence-electron chi connectivity index (χ2n) is 8.68. The van der Waals surface area contributed by atoms with Crippen LogP contribution >= 0.6 is 15.8 Å². The van der Waals surface area contributed by atoms with E-state index in [-0.39, 0.29) is 20.4 Å². The van der Waals surface area contributed by atoms with Crippen LogP contribution < -0.4 is 31.8 Å². The molecule has 0 atom stereocenters. The summed E-state index contributed by atoms with van der Waals surface area (Å²) in [4.78, 5) is 0. The van der Waals surface area contributed by atoms with Crippen molar-refractivity contribution in [2.75, 3.05) is 0 Å². The summed E-state index contributed by atoms with van der Waals surface area (Å²) in [5.41, 5.74) is 0. The van der Waals surface area contributed by atoms with Gasteiger partial charge >= 0.3 is 0 Å². The summed E-state index contributed by atoms with van der Waals surface area (Å²) < 4.78 is 0. The Labute approximate surface area is 262 Å². The van der Waals surface area contributed by atoms with Crippen LogP contribution in [0.3, 0.4) is 0 Å². The van der Waals surface area contributed by atoms with Gasteiger partial charge in [-0.05, 0) is 47.7 Å². The Hall–Kier alpha value is -3.42. The van der Waals surface area contributed by atoms with Gasteiger partial charge in [0, 0.05) is 20.4 Å². The first-order chi connectivity index (χ1) is 19.9. The molecular formula is C38H34P2Pd. The van der Waals surface area contributed by atoms with Crippen molar-refractivity contribution in [1.29, 1.82) is 0 Å². The van der Waals surface area contributed by atoms with E-state index in [1.165, 1.54) is 31.8 Å². The quantitative estimate of drug-likeness (QED) is 0.0979. The van der Waals surface area contributed by atoms with Crippen molar-refractivity contribution in [2.45, 2.75) is 0 Å². The van der Waals surface area contributed by atoms with Gasteiger partial charge < -0.3 is 0 Å². The van der Waals surface area contributed by atoms with Gasteiger partial charge in [-0.25, -0.2) is 0 Å². The first kappa shape index (κ1) is 32.1. The standard InChI is InChI=1S/2C18H15P.C2H4.Pd/c2*1-4-10-16(11-5-1)19(17-12-6-2-7-13-17)18-14-8-3-9-15-18;1-2;/h2*1-15H;1-2H2;. The molecule has 206 valence electrons. The number of hydrogen-bond acceptors (Lipinski definition) is 0. The Morgan fingerprint density at radius 1 is 0.244 bits per heavy atom. The van der Waals surface area contributed by atoms with E-state index in [1.54, 1.807) is 0 Å². The summed E-state index contributed by atoms with van der Waals surface area (Å²) in [6, 6.07) is 64.7. The Kier molecular flexibility index (Phi) is 14.2. The SMILES string of the molecule is C=C.[Pd].c1ccc(P(c2ccccc2)c2ccccc2)cc1.c1ccc(P(c2ccccc2)c2ccccc2)cc1. The zero-order valence-electron chi connectivity index (χ0n) is 22.9. The fourth-order valence-corrected chi connectivity index (χ4v) is 8.97. The van der Waals surface area contributed by atoms with Crippen LogP contribution in [0.15, 0.2) is 195 Å². The maximum absolute atomic E-state index is 3.00. The van der Waals surface area contributed by atoms with Gasteiger partial charge in [0.15, 0.2) is 0 Å². The molecule has 0 aromatic heterocycles. The van der Waals surface area contributed by atoms with Crippen molar-refractivity contribution < 1.29 is 20.4 Å². The average molecular weight is 659 g/mol. The smallest absolute Gasteiger partial charge is 0 e. The van der Waals surface area contributed by atoms with E-state index in [1.807, 2.05) is 0 Å². The predicted octanol–water partition coefficient (Wildman–Crippen LogP) is 7.69. The van der Waals surface area contributed by atoms with Gasteiger partial charge in [0.2, 0.25) is 0 Å². The molecule has 0 aliphatic carbocycles. The van der Waals surface area contributed by atoms with Crippen molar-refractivity contribution in [3.63, 3.8) is 0 Å². The maximum Gasteiger partial charge on any atom is 0 e. The van der Waals surface area contributed by atoms with Gasteiger partial charge in [0.25, 0.3) is 0 Å². The molecule has 0 amide bonds. The van der Waals surface area contributed by atoms with Crippen LogP contribution in [0.25, 0.3) is 0 Å². The predicted molar refractivity (Wildman–Crippen MR) is 182 cm³/mol. The molecule has 0 saturated carbocycles. The summed E-state index contributed by atoms with van der Waals surface area (Å²) in [6.45, 7) is 6.00. The minimum Gasteiger partial charge on any atom is -0.106 e. The zero-order valence-corrected chi connectivity index (χ0v) is 26.3. The molecule has 0 N–H and O–H groups in total. The van der Waals surface area contributed by atoms with Crippen molar-refractivity contribution in [2.24, 2.45) is 0 Å². The topological polar surface area (TPSA) is 0 Å². The summed E-state index contributed by atoms with van der Waals surface area (Å²) in [7, 11) is -0.892. The summed E-state index contributed by atoms with van der Waals surface area (Å²) in [6.07, 6.45) is 0. The Morgan fingerprint density at radius 2 is 0.366 bits per heavy atom. The van der Waals surface area contributed by atoms with E-state index in [0.717, 1.165) is 0 Å². The molecule has 6 rings (SSSR count). The molecule has 6 aromatic rings. The van der Waals surface area contributed by atoms with Gasteiger partial charge in [-0.15, -0.1) is 13.2 Å². The molecule has 0 aliphatic rings. The molecule has 41 heavy (non-hydrogen) atoms. The molecule has 3 heteroatoms. The van der Waals surface area contributed by atoms with E-state index in [0.29, 0.717) is 0 Å². The van der Waals surface area contributed by atoms with Crippen LogP contribution in [0.5, 0.6) is 0 Å². The van der Waals surface area contributed by atoms with Gasteiger partial charge in [0.1, 0.15) is 0 Å². The van der Waals surface area contributed by atoms with Crippen molar-refractivity contribution in [3.05, 3.63) is 195 Å². The van der Waals surface area contributed by atoms with E-state index in [9.17, 15) is 0 Å². The third-order valence-corrected chi connectivity index (χ3v) is 11.0. The van der Waals surface area contributed by atoms with Crippen LogP contribution in [0.4, 0.5) is 0 Å². The number of rotatable bonds is 6. The van der Waals surface area contributed by atoms with Crippen LogP contribution in [-0.4, -0.2) is 0 Å². The van der Waals surface area contributed by atoms with Crippen molar-refractivity contribution in [3.8, 4) is 0 Å². The molecule has 0 unspecified atom stereocenters. The molecule has 0 spiro atoms. The summed E-state index contributed by atoms with van der Waals surface area (Å²) in [5.74, 6) is 0. The first-order valence-electron chi connectivity index (χ1n) is 13.3. The minimum atomic E-state index is -0.446. The number of hydrogen-bond donors (Lipinski definition) is 0. The van der Waals surface area contributed by atoms with Gasteiger partial charge in [-0.3, -0.25) is 0 Å². The third kappa shape index (κ3) is 9.30. The zero-order chi connectivity index (χ0) is 27.8. The van der Waals surface area contributed by atoms with Crippen LogP contribution in [0, 0.1) is 0 Å². The van der Waals surface area contributed by atoms with Crippen LogP contribution in [-0.2, 0) is 20.4 Å². The van der Waals surface area contributed by atoms with E-state index < -0.39 is 15.8 Å². The average Bonchev–Trinajstić information content (AvgIpc) is 3.06. The van der Waals surface area contributed by atoms with E-state index in [2.05, 4.69) is 195 Å². The van der Waals surface area contributed by atoms with Gasteiger partial charge in [-0.1, -0.05) is 182 Å². The Morgan fingerprint density at radius 3 is 0.488 bits per heavy atom. The summed E-state index contributed by atoms with van der Waals surface area (Å²) in [5, 5.41) is 8.39. The molecule has 0 radical (unpaired) electrons. The fourth-order valence-electron chi connectivity index (χ4n) is 4.36. The molecule has 0 bridgehead atoms. The molecule has 0 nitrogen and oxygen atoms in total. The monoisotopic (exact) mass is 658 g/mol. The molecule has 6 aromatic carbocycles. The second-order valence-corrected chi connectivity index (χ2v) is 13.1. The third-order valence-electron chi connectivity index (χ3n) is 6.09. The molecule has 0 saturated heterocycles. The second kappa shape index (κ2) is 18.1. The maximum atomic E-state index is 3.00. The van der Waals surface area contributed by atoms with Crippen LogP contribution in [0.1, 0.15) is 0 Å². The van der Waals surface area contributed by atoms with Crippen molar-refractivity contribution in [1.82, 2.24) is 0 Å². The Bertz CT molecular complexity index is 1190. The fraction of sp³-hybridized carbons (Fsp3) is 0.